The van der Waals surface area contributed by atoms with E-state index in [0.717, 1.165) is 5.56 Å². The van der Waals surface area contributed by atoms with Gasteiger partial charge in [-0.1, -0.05) is 30.3 Å². The quantitative estimate of drug-likeness (QED) is 0.295. The normalized spacial score (nSPS) is 11.9. The molecular weight excluding hydrogens is 481 g/mol. The molecule has 0 bridgehead atoms. The predicted octanol–water partition coefficient (Wildman–Crippen LogP) is 2.75. The van der Waals surface area contributed by atoms with Crippen LogP contribution < -0.4 is 20.5 Å². The Bertz CT molecular complexity index is 976. The number of aromatic nitrogens is 1. The molecule has 184 valence electrons. The lowest BCUT2D eigenvalue weighted by atomic mass is 10.1. The second-order valence-electron chi connectivity index (χ2n) is 7.27. The summed E-state index contributed by atoms with van der Waals surface area (Å²) in [6, 6.07) is 19.6. The summed E-state index contributed by atoms with van der Waals surface area (Å²) in [7, 11) is 0. The number of carbonyl (C=O) groups is 1. The maximum atomic E-state index is 11.1. The number of nitrogens with one attached hydrogen (secondary N) is 1. The number of primary amides is 1. The smallest absolute Gasteiger partial charge is 0.250 e. The van der Waals surface area contributed by atoms with E-state index in [-0.39, 0.29) is 44.1 Å². The molecule has 1 aromatic heterocycles. The summed E-state index contributed by atoms with van der Waals surface area (Å²) < 4.78 is 11.2. The van der Waals surface area contributed by atoms with Gasteiger partial charge >= 0.3 is 0 Å². The molecule has 0 saturated heterocycles. The number of ether oxygens (including phenoxy) is 2. The fraction of sp³-hybridized carbons (Fsp3) is 0.250. The van der Waals surface area contributed by atoms with Crippen LogP contribution in [0.4, 0.5) is 0 Å². The first kappa shape index (κ1) is 29.2. The highest BCUT2D eigenvalue weighted by molar-refractivity contribution is 5.92. The number of hydrogen-bond donors (Lipinski definition) is 4. The van der Waals surface area contributed by atoms with Crippen LogP contribution in [0.1, 0.15) is 15.9 Å². The minimum atomic E-state index is -0.700. The van der Waals surface area contributed by atoms with Crippen molar-refractivity contribution in [3.05, 3.63) is 84.1 Å². The summed E-state index contributed by atoms with van der Waals surface area (Å²) in [5.41, 5.74) is 6.51. The lowest BCUT2D eigenvalue weighted by molar-refractivity contribution is 0.0995. The molecule has 0 unspecified atom stereocenters. The fourth-order valence-corrected chi connectivity index (χ4v) is 2.96. The van der Waals surface area contributed by atoms with Crippen molar-refractivity contribution in [1.29, 1.82) is 0 Å². The number of para-hydroxylation sites is 1. The average Bonchev–Trinajstić information content (AvgIpc) is 2.82. The Hall–Kier alpha value is -2.88. The fourth-order valence-electron chi connectivity index (χ4n) is 2.96. The van der Waals surface area contributed by atoms with Crippen LogP contribution in [-0.2, 0) is 6.42 Å². The van der Waals surface area contributed by atoms with Crippen LogP contribution in [0.5, 0.6) is 17.4 Å². The van der Waals surface area contributed by atoms with Gasteiger partial charge < -0.3 is 30.7 Å². The molecule has 0 aliphatic heterocycles. The first-order valence-corrected chi connectivity index (χ1v) is 10.3. The maximum Gasteiger partial charge on any atom is 0.250 e. The van der Waals surface area contributed by atoms with Gasteiger partial charge in [-0.2, -0.15) is 0 Å². The zero-order chi connectivity index (χ0) is 22.8. The van der Waals surface area contributed by atoms with Gasteiger partial charge in [0.05, 0.1) is 12.2 Å². The third-order valence-corrected chi connectivity index (χ3v) is 4.70. The minimum Gasteiger partial charge on any atom is -0.491 e. The van der Waals surface area contributed by atoms with E-state index in [0.29, 0.717) is 35.9 Å². The van der Waals surface area contributed by atoms with E-state index < -0.39 is 12.0 Å². The summed E-state index contributed by atoms with van der Waals surface area (Å²) in [6.45, 7) is 0.391. The third kappa shape index (κ3) is 9.54. The Kier molecular flexibility index (Phi) is 13.0. The molecule has 1 heterocycles. The van der Waals surface area contributed by atoms with E-state index in [2.05, 4.69) is 10.3 Å². The van der Waals surface area contributed by atoms with Crippen molar-refractivity contribution in [3.8, 4) is 17.4 Å². The number of hydrogen-bond acceptors (Lipinski definition) is 7. The van der Waals surface area contributed by atoms with Crippen molar-refractivity contribution < 1.29 is 24.5 Å². The first-order valence-electron chi connectivity index (χ1n) is 10.3. The third-order valence-electron chi connectivity index (χ3n) is 4.70. The number of benzene rings is 2. The largest absolute Gasteiger partial charge is 0.491 e. The highest BCUT2D eigenvalue weighted by Crippen LogP contribution is 2.20. The minimum absolute atomic E-state index is 0. The number of nitrogens with two attached hydrogens (primary N) is 1. The predicted molar refractivity (Wildman–Crippen MR) is 134 cm³/mol. The van der Waals surface area contributed by atoms with E-state index in [4.69, 9.17) is 15.2 Å². The average molecular weight is 510 g/mol. The molecule has 10 heteroatoms. The van der Waals surface area contributed by atoms with E-state index in [1.807, 2.05) is 42.5 Å². The van der Waals surface area contributed by atoms with E-state index in [9.17, 15) is 15.0 Å². The van der Waals surface area contributed by atoms with Crippen LogP contribution in [0, 0.1) is 0 Å². The van der Waals surface area contributed by atoms with Crippen LogP contribution in [-0.4, -0.2) is 53.0 Å². The SMILES string of the molecule is Cl.Cl.NC(=O)c1ccc(Oc2ccc(C[C@@H](CO)NC[C@H](O)COc3ccccc3)cc2)nc1. The number of halogens is 2. The zero-order valence-electron chi connectivity index (χ0n) is 18.4. The summed E-state index contributed by atoms with van der Waals surface area (Å²) in [5.74, 6) is 1.10. The lowest BCUT2D eigenvalue weighted by Crippen LogP contribution is -2.41. The van der Waals surface area contributed by atoms with E-state index in [1.165, 1.54) is 6.20 Å². The molecule has 3 aromatic rings. The summed E-state index contributed by atoms with van der Waals surface area (Å²) in [4.78, 5) is 15.1. The van der Waals surface area contributed by atoms with Crippen molar-refractivity contribution in [1.82, 2.24) is 10.3 Å². The van der Waals surface area contributed by atoms with Crippen LogP contribution in [0.2, 0.25) is 0 Å². The Morgan fingerprint density at radius 1 is 1.00 bits per heavy atom. The van der Waals surface area contributed by atoms with Crippen molar-refractivity contribution in [2.45, 2.75) is 18.6 Å². The van der Waals surface area contributed by atoms with Crippen LogP contribution in [0.15, 0.2) is 72.9 Å². The molecule has 0 radical (unpaired) electrons. The number of rotatable bonds is 12. The Morgan fingerprint density at radius 3 is 2.29 bits per heavy atom. The molecule has 2 atom stereocenters. The zero-order valence-corrected chi connectivity index (χ0v) is 20.0. The van der Waals surface area contributed by atoms with E-state index in [1.54, 1.807) is 24.3 Å². The number of aliphatic hydroxyl groups excluding tert-OH is 2. The van der Waals surface area contributed by atoms with Gasteiger partial charge in [-0.3, -0.25) is 4.79 Å². The first-order chi connectivity index (χ1) is 15.5. The number of amides is 1. The Morgan fingerprint density at radius 2 is 1.71 bits per heavy atom. The monoisotopic (exact) mass is 509 g/mol. The lowest BCUT2D eigenvalue weighted by Gasteiger charge is -2.19. The Labute approximate surface area is 210 Å². The molecule has 0 spiro atoms. The number of aliphatic hydroxyl groups is 2. The van der Waals surface area contributed by atoms with Gasteiger partial charge in [0.15, 0.2) is 0 Å². The van der Waals surface area contributed by atoms with Gasteiger partial charge in [0.25, 0.3) is 0 Å². The molecule has 8 nitrogen and oxygen atoms in total. The number of pyridine rings is 1. The molecule has 0 aliphatic carbocycles. The van der Waals surface area contributed by atoms with Crippen molar-refractivity contribution in [2.75, 3.05) is 19.8 Å². The highest BCUT2D eigenvalue weighted by atomic mass is 35.5. The number of carbonyl (C=O) groups excluding carboxylic acids is 1. The maximum absolute atomic E-state index is 11.1. The topological polar surface area (TPSA) is 127 Å². The standard InChI is InChI=1S/C24H27N3O5.2ClH/c25-24(30)18-8-11-23(27-13-18)32-22-9-6-17(7-10-22)12-19(15-28)26-14-20(29)16-31-21-4-2-1-3-5-21;;/h1-11,13,19-20,26,28-29H,12,14-16H2,(H2,25,30);2*1H/t19-,20-;;/m0../s1. The van der Waals surface area contributed by atoms with Crippen molar-refractivity contribution in [2.24, 2.45) is 5.73 Å². The van der Waals surface area contributed by atoms with Gasteiger partial charge in [0.2, 0.25) is 11.8 Å². The van der Waals surface area contributed by atoms with Gasteiger partial charge in [-0.15, -0.1) is 24.8 Å². The molecule has 3 rings (SSSR count). The highest BCUT2D eigenvalue weighted by Gasteiger charge is 2.12. The van der Waals surface area contributed by atoms with Gasteiger partial charge in [-0.25, -0.2) is 4.98 Å². The van der Waals surface area contributed by atoms with Crippen molar-refractivity contribution >= 4 is 30.7 Å². The second kappa shape index (κ2) is 15.1. The molecule has 5 N–H and O–H groups in total. The molecule has 2 aromatic carbocycles. The summed E-state index contributed by atoms with van der Waals surface area (Å²) in [5, 5.41) is 23.0. The molecular formula is C24H29Cl2N3O5. The van der Waals surface area contributed by atoms with Gasteiger partial charge in [0, 0.05) is 24.8 Å². The molecule has 0 fully saturated rings. The van der Waals surface area contributed by atoms with Crippen molar-refractivity contribution in [3.63, 3.8) is 0 Å². The number of nitrogens with zero attached hydrogens (tertiary/aromatic N) is 1. The van der Waals surface area contributed by atoms with Crippen LogP contribution in [0.3, 0.4) is 0 Å². The van der Waals surface area contributed by atoms with E-state index >= 15 is 0 Å². The van der Waals surface area contributed by atoms with Crippen LogP contribution in [0.25, 0.3) is 0 Å². The molecule has 34 heavy (non-hydrogen) atoms. The molecule has 1 amide bonds. The summed E-state index contributed by atoms with van der Waals surface area (Å²) >= 11 is 0. The molecule has 0 saturated carbocycles. The Balaban J connectivity index is 0.00000289. The van der Waals surface area contributed by atoms with Gasteiger partial charge in [0.1, 0.15) is 24.2 Å². The van der Waals surface area contributed by atoms with Gasteiger partial charge in [-0.05, 0) is 42.3 Å². The summed E-state index contributed by atoms with van der Waals surface area (Å²) in [6.07, 6.45) is 1.24. The van der Waals surface area contributed by atoms with Crippen LogP contribution >= 0.6 is 24.8 Å². The molecule has 0 aliphatic rings. The second-order valence-corrected chi connectivity index (χ2v) is 7.27.